The van der Waals surface area contributed by atoms with Crippen molar-refractivity contribution in [2.45, 2.75) is 18.9 Å². The van der Waals surface area contributed by atoms with Crippen LogP contribution in [0.2, 0.25) is 4.34 Å². The Morgan fingerprint density at radius 2 is 1.78 bits per heavy atom. The molecule has 1 N–H and O–H groups in total. The number of aliphatic hydroxyl groups is 1. The number of halogens is 3. The SMILES string of the molecule is OC(Cc1cc(F)cc(F)c1)Cc1ccc(Cl)s1. The summed E-state index contributed by atoms with van der Waals surface area (Å²) < 4.78 is 26.6. The standard InChI is InChI=1S/C13H11ClF2OS/c14-13-2-1-12(18-13)7-11(17)5-8-3-9(15)6-10(16)4-8/h1-4,6,11,17H,5,7H2. The molecule has 2 aromatic rings. The van der Waals surface area contributed by atoms with Crippen LogP contribution in [0.1, 0.15) is 10.4 Å². The van der Waals surface area contributed by atoms with Crippen molar-refractivity contribution in [1.29, 1.82) is 0 Å². The van der Waals surface area contributed by atoms with Gasteiger partial charge in [-0.1, -0.05) is 11.6 Å². The molecule has 1 atom stereocenters. The maximum absolute atomic E-state index is 13.0. The summed E-state index contributed by atoms with van der Waals surface area (Å²) in [4.78, 5) is 0.948. The molecule has 5 heteroatoms. The lowest BCUT2D eigenvalue weighted by Crippen LogP contribution is -2.13. The van der Waals surface area contributed by atoms with Crippen molar-refractivity contribution in [2.75, 3.05) is 0 Å². The van der Waals surface area contributed by atoms with Crippen molar-refractivity contribution in [2.24, 2.45) is 0 Å². The average molecular weight is 289 g/mol. The first-order valence-corrected chi connectivity index (χ1v) is 6.59. The minimum Gasteiger partial charge on any atom is -0.392 e. The van der Waals surface area contributed by atoms with Crippen LogP contribution in [-0.2, 0) is 12.8 Å². The van der Waals surface area contributed by atoms with E-state index in [0.29, 0.717) is 16.3 Å². The van der Waals surface area contributed by atoms with Gasteiger partial charge in [0.15, 0.2) is 0 Å². The van der Waals surface area contributed by atoms with Crippen molar-refractivity contribution in [1.82, 2.24) is 0 Å². The van der Waals surface area contributed by atoms with Gasteiger partial charge in [-0.05, 0) is 36.2 Å². The topological polar surface area (TPSA) is 20.2 Å². The van der Waals surface area contributed by atoms with E-state index >= 15 is 0 Å². The molecular weight excluding hydrogens is 278 g/mol. The Hall–Kier alpha value is -0.970. The number of benzene rings is 1. The molecule has 0 saturated carbocycles. The van der Waals surface area contributed by atoms with Crippen LogP contribution in [-0.4, -0.2) is 11.2 Å². The van der Waals surface area contributed by atoms with Crippen LogP contribution in [0.25, 0.3) is 0 Å². The maximum Gasteiger partial charge on any atom is 0.126 e. The summed E-state index contributed by atoms with van der Waals surface area (Å²) in [5.74, 6) is -1.26. The summed E-state index contributed by atoms with van der Waals surface area (Å²) in [6, 6.07) is 6.87. The highest BCUT2D eigenvalue weighted by Gasteiger charge is 2.10. The van der Waals surface area contributed by atoms with Gasteiger partial charge < -0.3 is 5.11 Å². The van der Waals surface area contributed by atoms with Crippen LogP contribution < -0.4 is 0 Å². The summed E-state index contributed by atoms with van der Waals surface area (Å²) in [7, 11) is 0. The van der Waals surface area contributed by atoms with Crippen molar-refractivity contribution in [3.8, 4) is 0 Å². The Kier molecular flexibility index (Phi) is 4.32. The van der Waals surface area contributed by atoms with Crippen LogP contribution in [0, 0.1) is 11.6 Å². The van der Waals surface area contributed by atoms with E-state index < -0.39 is 17.7 Å². The first-order valence-electron chi connectivity index (χ1n) is 5.40. The number of thiophene rings is 1. The largest absolute Gasteiger partial charge is 0.392 e. The third-order valence-corrected chi connectivity index (χ3v) is 3.71. The van der Waals surface area contributed by atoms with Crippen LogP contribution in [0.15, 0.2) is 30.3 Å². The minimum atomic E-state index is -0.680. The molecule has 0 bridgehead atoms. The van der Waals surface area contributed by atoms with E-state index in [1.165, 1.54) is 23.5 Å². The summed E-state index contributed by atoms with van der Waals surface area (Å²) >= 11 is 7.17. The van der Waals surface area contributed by atoms with Gasteiger partial charge in [0.25, 0.3) is 0 Å². The Bertz CT molecular complexity index is 521. The molecule has 0 radical (unpaired) electrons. The van der Waals surface area contributed by atoms with E-state index in [1.807, 2.05) is 6.07 Å². The molecule has 1 aromatic heterocycles. The predicted octanol–water partition coefficient (Wildman–Crippen LogP) is 3.83. The molecule has 1 nitrogen and oxygen atoms in total. The highest BCUT2D eigenvalue weighted by molar-refractivity contribution is 7.16. The van der Waals surface area contributed by atoms with Gasteiger partial charge in [-0.2, -0.15) is 0 Å². The van der Waals surface area contributed by atoms with Gasteiger partial charge in [0, 0.05) is 17.4 Å². The van der Waals surface area contributed by atoms with E-state index in [9.17, 15) is 13.9 Å². The molecule has 0 spiro atoms. The highest BCUT2D eigenvalue weighted by Crippen LogP contribution is 2.23. The van der Waals surface area contributed by atoms with Crippen molar-refractivity contribution in [3.63, 3.8) is 0 Å². The van der Waals surface area contributed by atoms with E-state index in [4.69, 9.17) is 11.6 Å². The maximum atomic E-state index is 13.0. The number of aliphatic hydroxyl groups excluding tert-OH is 1. The van der Waals surface area contributed by atoms with E-state index in [-0.39, 0.29) is 6.42 Å². The van der Waals surface area contributed by atoms with Gasteiger partial charge in [0.1, 0.15) is 11.6 Å². The molecular formula is C13H11ClF2OS. The van der Waals surface area contributed by atoms with Crippen LogP contribution in [0.5, 0.6) is 0 Å². The van der Waals surface area contributed by atoms with Crippen molar-refractivity contribution in [3.05, 3.63) is 56.7 Å². The van der Waals surface area contributed by atoms with Crippen LogP contribution in [0.3, 0.4) is 0 Å². The van der Waals surface area contributed by atoms with Gasteiger partial charge in [-0.3, -0.25) is 0 Å². The lowest BCUT2D eigenvalue weighted by molar-refractivity contribution is 0.176. The fraction of sp³-hybridized carbons (Fsp3) is 0.231. The summed E-state index contributed by atoms with van der Waals surface area (Å²) in [6.07, 6.45) is -0.0411. The number of hydrogen-bond acceptors (Lipinski definition) is 2. The van der Waals surface area contributed by atoms with Crippen molar-refractivity contribution < 1.29 is 13.9 Å². The number of hydrogen-bond donors (Lipinski definition) is 1. The highest BCUT2D eigenvalue weighted by atomic mass is 35.5. The normalized spacial score (nSPS) is 12.7. The molecule has 0 aliphatic rings. The zero-order valence-corrected chi connectivity index (χ0v) is 10.9. The molecule has 0 aliphatic heterocycles. The second-order valence-electron chi connectivity index (χ2n) is 4.05. The first-order chi connectivity index (χ1) is 8.52. The number of rotatable bonds is 4. The predicted molar refractivity (Wildman–Crippen MR) is 69.1 cm³/mol. The Labute approximate surface area is 113 Å². The lowest BCUT2D eigenvalue weighted by Gasteiger charge is -2.09. The quantitative estimate of drug-likeness (QED) is 0.907. The van der Waals surface area contributed by atoms with Gasteiger partial charge in [0.05, 0.1) is 10.4 Å². The fourth-order valence-electron chi connectivity index (χ4n) is 1.77. The van der Waals surface area contributed by atoms with E-state index in [1.54, 1.807) is 6.07 Å². The molecule has 1 heterocycles. The molecule has 96 valence electrons. The Morgan fingerprint density at radius 1 is 1.11 bits per heavy atom. The third kappa shape index (κ3) is 3.77. The second-order valence-corrected chi connectivity index (χ2v) is 5.85. The van der Waals surface area contributed by atoms with Crippen molar-refractivity contribution >= 4 is 22.9 Å². The first kappa shape index (κ1) is 13.5. The third-order valence-electron chi connectivity index (χ3n) is 2.46. The van der Waals surface area contributed by atoms with Gasteiger partial charge >= 0.3 is 0 Å². The van der Waals surface area contributed by atoms with Crippen LogP contribution >= 0.6 is 22.9 Å². The van der Waals surface area contributed by atoms with Gasteiger partial charge in [-0.25, -0.2) is 8.78 Å². The lowest BCUT2D eigenvalue weighted by atomic mass is 10.0. The molecule has 0 fully saturated rings. The smallest absolute Gasteiger partial charge is 0.126 e. The molecule has 2 rings (SSSR count). The zero-order valence-electron chi connectivity index (χ0n) is 9.37. The van der Waals surface area contributed by atoms with E-state index in [2.05, 4.69) is 0 Å². The Morgan fingerprint density at radius 3 is 2.33 bits per heavy atom. The Balaban J connectivity index is 2.00. The fourth-order valence-corrected chi connectivity index (χ4v) is 2.93. The summed E-state index contributed by atoms with van der Waals surface area (Å²) in [5, 5.41) is 9.87. The molecule has 1 unspecified atom stereocenters. The molecule has 0 amide bonds. The van der Waals surface area contributed by atoms with Gasteiger partial charge in [-0.15, -0.1) is 11.3 Å². The second kappa shape index (κ2) is 5.78. The molecule has 0 aliphatic carbocycles. The minimum absolute atomic E-state index is 0.212. The van der Waals surface area contributed by atoms with Gasteiger partial charge in [0.2, 0.25) is 0 Å². The molecule has 0 saturated heterocycles. The summed E-state index contributed by atoms with van der Waals surface area (Å²) in [6.45, 7) is 0. The zero-order chi connectivity index (χ0) is 13.1. The monoisotopic (exact) mass is 288 g/mol. The molecule has 18 heavy (non-hydrogen) atoms. The average Bonchev–Trinajstić information content (AvgIpc) is 2.61. The van der Waals surface area contributed by atoms with E-state index in [0.717, 1.165) is 10.9 Å². The molecule has 1 aromatic carbocycles. The van der Waals surface area contributed by atoms with Crippen LogP contribution in [0.4, 0.5) is 8.78 Å². The summed E-state index contributed by atoms with van der Waals surface area (Å²) in [5.41, 5.74) is 0.447.